The molecule has 5 rings (SSSR count). The van der Waals surface area contributed by atoms with Crippen molar-refractivity contribution in [2.75, 3.05) is 0 Å². The molecule has 57 heavy (non-hydrogen) atoms. The Hall–Kier alpha value is -8.17. The van der Waals surface area contributed by atoms with E-state index in [4.69, 9.17) is 18.9 Å². The second-order valence-corrected chi connectivity index (χ2v) is 12.3. The van der Waals surface area contributed by atoms with E-state index >= 15 is 0 Å². The standard InChI is InChI=1S/C35H28O22/c36-15-1-11(2-16(37)25(15)44)30(48)54-23-9-35(34(52)53,57-33(51)14-7-21(42)28(47)22(43)8-14)10-24(55-31(49)12-3-17(38)26(45)18(39)4-12)29(23)56-32(50)13-5-19(40)27(46)20(41)6-13/h1-8,23-24,29,36-47H,9-10H2,(H,52,53)/t23-,24-,29?,35?/m1/s1. The van der Waals surface area contributed by atoms with Crippen molar-refractivity contribution in [3.05, 3.63) is 70.8 Å². The molecule has 0 heterocycles. The predicted octanol–water partition coefficient (Wildman–Crippen LogP) is 1.60. The van der Waals surface area contributed by atoms with Gasteiger partial charge in [0, 0.05) is 12.8 Å². The largest absolute Gasteiger partial charge is 0.504 e. The first-order valence-corrected chi connectivity index (χ1v) is 15.7. The van der Waals surface area contributed by atoms with Gasteiger partial charge in [0.05, 0.1) is 22.3 Å². The maximum absolute atomic E-state index is 13.5. The van der Waals surface area contributed by atoms with E-state index in [0.717, 1.165) is 0 Å². The van der Waals surface area contributed by atoms with Gasteiger partial charge in [-0.05, 0) is 48.5 Å². The summed E-state index contributed by atoms with van der Waals surface area (Å²) in [5.41, 5.74) is -5.96. The van der Waals surface area contributed by atoms with Gasteiger partial charge in [0.15, 0.2) is 75.1 Å². The van der Waals surface area contributed by atoms with Gasteiger partial charge in [-0.15, -0.1) is 0 Å². The van der Waals surface area contributed by atoms with Crippen LogP contribution in [0.1, 0.15) is 54.3 Å². The van der Waals surface area contributed by atoms with Crippen molar-refractivity contribution in [3.63, 3.8) is 0 Å². The minimum Gasteiger partial charge on any atom is -0.504 e. The lowest BCUT2D eigenvalue weighted by Gasteiger charge is -2.44. The lowest BCUT2D eigenvalue weighted by Crippen LogP contribution is -2.60. The van der Waals surface area contributed by atoms with E-state index in [2.05, 4.69) is 0 Å². The Morgan fingerprint density at radius 2 is 0.667 bits per heavy atom. The van der Waals surface area contributed by atoms with Gasteiger partial charge < -0.3 is 85.3 Å². The lowest BCUT2D eigenvalue weighted by atomic mass is 9.78. The lowest BCUT2D eigenvalue weighted by molar-refractivity contribution is -0.189. The number of aromatic hydroxyl groups is 12. The van der Waals surface area contributed by atoms with Crippen molar-refractivity contribution in [2.45, 2.75) is 36.8 Å². The molecule has 1 aliphatic rings. The van der Waals surface area contributed by atoms with Crippen molar-refractivity contribution < 1.29 is 109 Å². The van der Waals surface area contributed by atoms with Gasteiger partial charge in [-0.1, -0.05) is 0 Å². The third-order valence-electron chi connectivity index (χ3n) is 8.45. The number of carboxylic acid groups (broad SMARTS) is 1. The Morgan fingerprint density at radius 1 is 0.421 bits per heavy atom. The number of aliphatic carboxylic acids is 1. The van der Waals surface area contributed by atoms with Crippen LogP contribution in [-0.2, 0) is 23.7 Å². The zero-order valence-electron chi connectivity index (χ0n) is 28.3. The number of ether oxygens (including phenoxy) is 4. The first-order chi connectivity index (χ1) is 26.6. The van der Waals surface area contributed by atoms with E-state index in [-0.39, 0.29) is 0 Å². The van der Waals surface area contributed by atoms with E-state index in [1.165, 1.54) is 0 Å². The van der Waals surface area contributed by atoms with Crippen molar-refractivity contribution in [3.8, 4) is 69.0 Å². The van der Waals surface area contributed by atoms with Crippen LogP contribution in [0.3, 0.4) is 0 Å². The van der Waals surface area contributed by atoms with Crippen molar-refractivity contribution in [1.82, 2.24) is 0 Å². The van der Waals surface area contributed by atoms with Gasteiger partial charge in [0.1, 0.15) is 12.2 Å². The van der Waals surface area contributed by atoms with Crippen LogP contribution in [0, 0.1) is 0 Å². The fourth-order valence-electron chi connectivity index (χ4n) is 5.60. The normalized spacial score (nSPS) is 18.8. The molecule has 13 N–H and O–H groups in total. The Labute approximate surface area is 315 Å². The number of carbonyl (C=O) groups excluding carboxylic acids is 4. The number of carbonyl (C=O) groups is 5. The number of esters is 4. The average molecular weight is 801 g/mol. The maximum atomic E-state index is 13.5. The minimum atomic E-state index is -3.01. The number of phenols is 12. The predicted molar refractivity (Wildman–Crippen MR) is 178 cm³/mol. The first-order valence-electron chi connectivity index (χ1n) is 15.7. The molecule has 0 unspecified atom stereocenters. The monoisotopic (exact) mass is 800 g/mol. The SMILES string of the molecule is O=C(OC1[C@H](OC(=O)c2cc(O)c(O)c(O)c2)CC(OC(=O)c2cc(O)c(O)c(O)c2)(C(=O)O)C[C@H]1OC(=O)c1cc(O)c(O)c(O)c1)c1cc(O)c(O)c(O)c1. The van der Waals surface area contributed by atoms with Crippen molar-refractivity contribution in [2.24, 2.45) is 0 Å². The molecule has 4 aromatic carbocycles. The summed E-state index contributed by atoms with van der Waals surface area (Å²) < 4.78 is 21.6. The second kappa shape index (κ2) is 14.9. The number of phenolic OH excluding ortho intramolecular Hbond substituents is 12. The molecule has 0 amide bonds. The van der Waals surface area contributed by atoms with Crippen molar-refractivity contribution >= 4 is 29.8 Å². The summed E-state index contributed by atoms with van der Waals surface area (Å²) in [6.07, 6.45) is -9.11. The van der Waals surface area contributed by atoms with Crippen LogP contribution in [-0.4, -0.2) is 120 Å². The Bertz CT molecular complexity index is 2160. The molecular weight excluding hydrogens is 772 g/mol. The zero-order chi connectivity index (χ0) is 42.3. The highest BCUT2D eigenvalue weighted by atomic mass is 16.6. The van der Waals surface area contributed by atoms with Gasteiger partial charge in [-0.25, -0.2) is 24.0 Å². The van der Waals surface area contributed by atoms with Crippen LogP contribution in [0.15, 0.2) is 48.5 Å². The molecule has 4 aromatic rings. The van der Waals surface area contributed by atoms with E-state index < -0.39 is 158 Å². The number of hydrogen-bond acceptors (Lipinski definition) is 21. The van der Waals surface area contributed by atoms with Gasteiger partial charge in [-0.3, -0.25) is 0 Å². The fraction of sp³-hybridized carbons (Fsp3) is 0.171. The van der Waals surface area contributed by atoms with E-state index in [1.807, 2.05) is 0 Å². The van der Waals surface area contributed by atoms with E-state index in [0.29, 0.717) is 48.5 Å². The van der Waals surface area contributed by atoms with Crippen LogP contribution in [0.2, 0.25) is 0 Å². The van der Waals surface area contributed by atoms with Crippen molar-refractivity contribution in [1.29, 1.82) is 0 Å². The number of rotatable bonds is 9. The fourth-order valence-corrected chi connectivity index (χ4v) is 5.60. The highest BCUT2D eigenvalue weighted by Gasteiger charge is 2.58. The summed E-state index contributed by atoms with van der Waals surface area (Å²) in [7, 11) is 0. The van der Waals surface area contributed by atoms with Crippen LogP contribution < -0.4 is 0 Å². The highest BCUT2D eigenvalue weighted by Crippen LogP contribution is 2.43. The molecule has 0 spiro atoms. The number of hydrogen-bond donors (Lipinski definition) is 13. The minimum absolute atomic E-state index is 0.561. The maximum Gasteiger partial charge on any atom is 0.348 e. The van der Waals surface area contributed by atoms with Crippen LogP contribution in [0.25, 0.3) is 0 Å². The van der Waals surface area contributed by atoms with Crippen LogP contribution in [0.5, 0.6) is 69.0 Å². The molecule has 0 aliphatic heterocycles. The smallest absolute Gasteiger partial charge is 0.348 e. The molecule has 1 saturated carbocycles. The summed E-state index contributed by atoms with van der Waals surface area (Å²) in [5.74, 6) is -21.1. The molecule has 0 bridgehead atoms. The van der Waals surface area contributed by atoms with Gasteiger partial charge in [0.2, 0.25) is 5.60 Å². The van der Waals surface area contributed by atoms with E-state index in [9.17, 15) is 90.4 Å². The number of benzene rings is 4. The van der Waals surface area contributed by atoms with Crippen LogP contribution in [0.4, 0.5) is 0 Å². The summed E-state index contributed by atoms with van der Waals surface area (Å²) in [4.78, 5) is 66.8. The molecule has 2 atom stereocenters. The first kappa shape index (κ1) is 40.0. The van der Waals surface area contributed by atoms with E-state index in [1.54, 1.807) is 0 Å². The Kier molecular flexibility index (Phi) is 10.5. The third-order valence-corrected chi connectivity index (χ3v) is 8.45. The quantitative estimate of drug-likeness (QED) is 0.0649. The Morgan fingerprint density at radius 3 is 0.930 bits per heavy atom. The molecule has 0 radical (unpaired) electrons. The van der Waals surface area contributed by atoms with Gasteiger partial charge >= 0.3 is 29.8 Å². The molecule has 22 heteroatoms. The molecule has 22 nitrogen and oxygen atoms in total. The number of carboxylic acids is 1. The second-order valence-electron chi connectivity index (χ2n) is 12.3. The Balaban J connectivity index is 1.65. The van der Waals surface area contributed by atoms with Gasteiger partial charge in [-0.2, -0.15) is 0 Å². The molecule has 1 fully saturated rings. The molecular formula is C35H28O22. The molecule has 0 aromatic heterocycles. The average Bonchev–Trinajstić information content (AvgIpc) is 3.14. The highest BCUT2D eigenvalue weighted by molar-refractivity contribution is 5.95. The summed E-state index contributed by atoms with van der Waals surface area (Å²) in [5, 5.41) is 129. The molecule has 1 aliphatic carbocycles. The molecule has 300 valence electrons. The zero-order valence-corrected chi connectivity index (χ0v) is 28.3. The van der Waals surface area contributed by atoms with Crippen LogP contribution >= 0.6 is 0 Å². The topological polar surface area (TPSA) is 385 Å². The summed E-state index contributed by atoms with van der Waals surface area (Å²) >= 11 is 0. The van der Waals surface area contributed by atoms with Gasteiger partial charge in [0.25, 0.3) is 0 Å². The summed E-state index contributed by atoms with van der Waals surface area (Å²) in [6.45, 7) is 0. The summed E-state index contributed by atoms with van der Waals surface area (Å²) in [6, 6.07) is 4.64. The third kappa shape index (κ3) is 7.89. The molecule has 0 saturated heterocycles.